The molecular weight excluding hydrogens is 330 g/mol. The molecule has 2 rings (SSSR count). The number of fused-ring (bicyclic) bond motifs is 1. The fourth-order valence-corrected chi connectivity index (χ4v) is 2.87. The Morgan fingerprint density at radius 3 is 2.62 bits per heavy atom. The summed E-state index contributed by atoms with van der Waals surface area (Å²) in [5, 5.41) is 5.39. The Labute approximate surface area is 145 Å². The molecule has 0 fully saturated rings. The van der Waals surface area contributed by atoms with Crippen LogP contribution in [0.25, 0.3) is 0 Å². The number of amides is 3. The highest BCUT2D eigenvalue weighted by Crippen LogP contribution is 2.32. The van der Waals surface area contributed by atoms with Crippen LogP contribution in [-0.4, -0.2) is 43.2 Å². The molecule has 8 heteroatoms. The van der Waals surface area contributed by atoms with Crippen molar-refractivity contribution in [2.24, 2.45) is 5.73 Å². The quantitative estimate of drug-likeness (QED) is 0.688. The molecule has 0 bridgehead atoms. The lowest BCUT2D eigenvalue weighted by Crippen LogP contribution is -2.49. The third kappa shape index (κ3) is 4.95. The molecule has 1 heterocycles. The van der Waals surface area contributed by atoms with Crippen molar-refractivity contribution in [3.8, 4) is 11.5 Å². The maximum Gasteiger partial charge on any atom is 0.312 e. The number of benzene rings is 1. The standard InChI is InChI=1S/C16H23N3O4S/c1-10(11-3-4-13-14(9-11)23-7-6-22-13)18-15(20)12(5-8-24-2)19-16(17)21/h3-4,9-10,12H,5-8H2,1-2H3,(H,18,20)(H3,17,19,21). The number of thioether (sulfide) groups is 1. The molecule has 7 nitrogen and oxygen atoms in total. The monoisotopic (exact) mass is 353 g/mol. The molecule has 0 radical (unpaired) electrons. The highest BCUT2D eigenvalue weighted by Gasteiger charge is 2.22. The van der Waals surface area contributed by atoms with E-state index in [4.69, 9.17) is 15.2 Å². The Bertz CT molecular complexity index is 597. The number of nitrogens with two attached hydrogens (primary N) is 1. The molecule has 2 unspecified atom stereocenters. The molecule has 4 N–H and O–H groups in total. The van der Waals surface area contributed by atoms with Crippen molar-refractivity contribution in [3.63, 3.8) is 0 Å². The minimum Gasteiger partial charge on any atom is -0.486 e. The summed E-state index contributed by atoms with van der Waals surface area (Å²) in [7, 11) is 0. The summed E-state index contributed by atoms with van der Waals surface area (Å²) in [5.41, 5.74) is 6.05. The first kappa shape index (κ1) is 18.3. The molecule has 0 aliphatic carbocycles. The molecule has 0 spiro atoms. The maximum atomic E-state index is 12.4. The summed E-state index contributed by atoms with van der Waals surface area (Å²) < 4.78 is 11.0. The summed E-state index contributed by atoms with van der Waals surface area (Å²) in [5.74, 6) is 1.87. The molecule has 3 amide bonds. The first-order valence-corrected chi connectivity index (χ1v) is 9.15. The van der Waals surface area contributed by atoms with Crippen molar-refractivity contribution in [2.75, 3.05) is 25.2 Å². The average molecular weight is 353 g/mol. The van der Waals surface area contributed by atoms with E-state index in [9.17, 15) is 9.59 Å². The Morgan fingerprint density at radius 1 is 1.25 bits per heavy atom. The van der Waals surface area contributed by atoms with Gasteiger partial charge in [0.25, 0.3) is 0 Å². The van der Waals surface area contributed by atoms with Gasteiger partial charge in [0.15, 0.2) is 11.5 Å². The van der Waals surface area contributed by atoms with Crippen LogP contribution in [0.3, 0.4) is 0 Å². The van der Waals surface area contributed by atoms with Crippen LogP contribution in [0.15, 0.2) is 18.2 Å². The SMILES string of the molecule is CSCCC(NC(N)=O)C(=O)NC(C)c1ccc2c(c1)OCCO2. The van der Waals surface area contributed by atoms with E-state index in [0.29, 0.717) is 31.1 Å². The van der Waals surface area contributed by atoms with Gasteiger partial charge in [0, 0.05) is 0 Å². The summed E-state index contributed by atoms with van der Waals surface area (Å²) in [6.07, 6.45) is 2.46. The number of ether oxygens (including phenoxy) is 2. The molecule has 0 saturated heterocycles. The number of rotatable bonds is 7. The van der Waals surface area contributed by atoms with E-state index in [1.807, 2.05) is 31.4 Å². The second-order valence-corrected chi connectivity index (χ2v) is 6.46. The zero-order valence-corrected chi connectivity index (χ0v) is 14.7. The highest BCUT2D eigenvalue weighted by atomic mass is 32.2. The van der Waals surface area contributed by atoms with Crippen LogP contribution in [0.2, 0.25) is 0 Å². The van der Waals surface area contributed by atoms with Gasteiger partial charge in [0.05, 0.1) is 6.04 Å². The zero-order chi connectivity index (χ0) is 17.5. The van der Waals surface area contributed by atoms with E-state index < -0.39 is 12.1 Å². The third-order valence-corrected chi connectivity index (χ3v) is 4.31. The van der Waals surface area contributed by atoms with Crippen LogP contribution in [0.5, 0.6) is 11.5 Å². The molecule has 0 aromatic heterocycles. The van der Waals surface area contributed by atoms with E-state index in [1.165, 1.54) is 0 Å². The number of urea groups is 1. The lowest BCUT2D eigenvalue weighted by molar-refractivity contribution is -0.123. The van der Waals surface area contributed by atoms with Crippen LogP contribution in [0.1, 0.15) is 24.9 Å². The Hall–Kier alpha value is -2.09. The summed E-state index contributed by atoms with van der Waals surface area (Å²) in [6.45, 7) is 2.92. The molecule has 2 atom stereocenters. The molecule has 1 aromatic carbocycles. The Morgan fingerprint density at radius 2 is 1.96 bits per heavy atom. The van der Waals surface area contributed by atoms with Gasteiger partial charge in [0.2, 0.25) is 5.91 Å². The summed E-state index contributed by atoms with van der Waals surface area (Å²) in [4.78, 5) is 23.5. The minimum atomic E-state index is -0.705. The van der Waals surface area contributed by atoms with E-state index >= 15 is 0 Å². The molecule has 1 aliphatic heterocycles. The molecule has 1 aromatic rings. The van der Waals surface area contributed by atoms with Crippen LogP contribution in [-0.2, 0) is 4.79 Å². The zero-order valence-electron chi connectivity index (χ0n) is 13.8. The fourth-order valence-electron chi connectivity index (χ4n) is 2.40. The first-order valence-electron chi connectivity index (χ1n) is 7.76. The normalized spacial score (nSPS) is 15.2. The van der Waals surface area contributed by atoms with E-state index in [-0.39, 0.29) is 11.9 Å². The van der Waals surface area contributed by atoms with E-state index in [2.05, 4.69) is 10.6 Å². The summed E-state index contributed by atoms with van der Waals surface area (Å²) in [6, 6.07) is 3.99. The van der Waals surface area contributed by atoms with Crippen molar-refractivity contribution >= 4 is 23.7 Å². The number of primary amides is 1. The molecule has 1 aliphatic rings. The van der Waals surface area contributed by atoms with Gasteiger partial charge in [-0.05, 0) is 43.0 Å². The fraction of sp³-hybridized carbons (Fsp3) is 0.500. The highest BCUT2D eigenvalue weighted by molar-refractivity contribution is 7.98. The first-order chi connectivity index (χ1) is 11.5. The Kier molecular flexibility index (Phi) is 6.60. The third-order valence-electron chi connectivity index (χ3n) is 3.67. The van der Waals surface area contributed by atoms with Gasteiger partial charge in [-0.2, -0.15) is 11.8 Å². The van der Waals surface area contributed by atoms with Crippen LogP contribution in [0, 0.1) is 0 Å². The van der Waals surface area contributed by atoms with Crippen LogP contribution in [0.4, 0.5) is 4.79 Å². The number of carbonyl (C=O) groups is 2. The maximum absolute atomic E-state index is 12.4. The van der Waals surface area contributed by atoms with Crippen molar-refractivity contribution < 1.29 is 19.1 Å². The molecule has 132 valence electrons. The molecule has 24 heavy (non-hydrogen) atoms. The van der Waals surface area contributed by atoms with Gasteiger partial charge in [-0.1, -0.05) is 6.07 Å². The van der Waals surface area contributed by atoms with Crippen molar-refractivity contribution in [2.45, 2.75) is 25.4 Å². The van der Waals surface area contributed by atoms with Crippen molar-refractivity contribution in [3.05, 3.63) is 23.8 Å². The molecular formula is C16H23N3O4S. The number of hydrogen-bond acceptors (Lipinski definition) is 5. The number of hydrogen-bond donors (Lipinski definition) is 3. The largest absolute Gasteiger partial charge is 0.486 e. The lowest BCUT2D eigenvalue weighted by Gasteiger charge is -2.23. The van der Waals surface area contributed by atoms with E-state index in [1.54, 1.807) is 11.8 Å². The van der Waals surface area contributed by atoms with Crippen LogP contribution >= 0.6 is 11.8 Å². The van der Waals surface area contributed by atoms with Crippen molar-refractivity contribution in [1.82, 2.24) is 10.6 Å². The van der Waals surface area contributed by atoms with Gasteiger partial charge < -0.3 is 25.8 Å². The Balaban J connectivity index is 2.02. The van der Waals surface area contributed by atoms with Crippen LogP contribution < -0.4 is 25.8 Å². The van der Waals surface area contributed by atoms with Gasteiger partial charge >= 0.3 is 6.03 Å². The lowest BCUT2D eigenvalue weighted by atomic mass is 10.1. The van der Waals surface area contributed by atoms with Gasteiger partial charge in [0.1, 0.15) is 19.3 Å². The second kappa shape index (κ2) is 8.68. The topological polar surface area (TPSA) is 103 Å². The molecule has 0 saturated carbocycles. The van der Waals surface area contributed by atoms with Crippen molar-refractivity contribution in [1.29, 1.82) is 0 Å². The van der Waals surface area contributed by atoms with Gasteiger partial charge in [-0.3, -0.25) is 4.79 Å². The predicted molar refractivity (Wildman–Crippen MR) is 93.5 cm³/mol. The average Bonchev–Trinajstić information content (AvgIpc) is 2.57. The van der Waals surface area contributed by atoms with Gasteiger partial charge in [-0.15, -0.1) is 0 Å². The number of carbonyl (C=O) groups excluding carboxylic acids is 2. The minimum absolute atomic E-state index is 0.236. The number of nitrogens with one attached hydrogen (secondary N) is 2. The second-order valence-electron chi connectivity index (χ2n) is 5.48. The van der Waals surface area contributed by atoms with Gasteiger partial charge in [-0.25, -0.2) is 4.79 Å². The summed E-state index contributed by atoms with van der Waals surface area (Å²) >= 11 is 1.60. The predicted octanol–water partition coefficient (Wildman–Crippen LogP) is 1.42. The van der Waals surface area contributed by atoms with E-state index in [0.717, 1.165) is 11.3 Å². The smallest absolute Gasteiger partial charge is 0.312 e.